The molecule has 0 fully saturated rings. The Morgan fingerprint density at radius 2 is 1.67 bits per heavy atom. The summed E-state index contributed by atoms with van der Waals surface area (Å²) in [5.74, 6) is 0. The van der Waals surface area contributed by atoms with Crippen LogP contribution in [0.3, 0.4) is 0 Å². The Labute approximate surface area is 79.0 Å². The molecule has 0 aromatic heterocycles. The van der Waals surface area contributed by atoms with Crippen molar-refractivity contribution in [2.45, 2.75) is 0 Å². The molecule has 0 N–H and O–H groups in total. The van der Waals surface area contributed by atoms with Crippen LogP contribution < -0.4 is 0 Å². The lowest BCUT2D eigenvalue weighted by Crippen LogP contribution is -2.44. The van der Waals surface area contributed by atoms with Crippen molar-refractivity contribution in [3.63, 3.8) is 0 Å². The van der Waals surface area contributed by atoms with Crippen molar-refractivity contribution in [1.82, 2.24) is 0 Å². The molecule has 9 heteroatoms. The first-order valence-corrected chi connectivity index (χ1v) is 37.5. The van der Waals surface area contributed by atoms with E-state index in [1.54, 1.807) is 39.0 Å². The molecule has 0 spiro atoms. The quantitative estimate of drug-likeness (QED) is 0.446. The molecule has 0 aliphatic rings. The van der Waals surface area contributed by atoms with Crippen LogP contribution in [0.1, 0.15) is 0 Å². The molecular formula is H20Si9. The lowest BCUT2D eigenvalue weighted by molar-refractivity contribution is 3.69. The van der Waals surface area contributed by atoms with Crippen LogP contribution in [0, 0.1) is 0 Å². The van der Waals surface area contributed by atoms with E-state index >= 15 is 0 Å². The highest BCUT2D eigenvalue weighted by molar-refractivity contribution is 7.82. The zero-order valence-electron chi connectivity index (χ0n) is 7.28. The Balaban J connectivity index is 3.15. The molecule has 0 saturated carbocycles. The minimum atomic E-state index is 0.326. The third kappa shape index (κ3) is 7.85. The normalized spacial score (nSPS) is 22.7. The summed E-state index contributed by atoms with van der Waals surface area (Å²) < 4.78 is 0. The van der Waals surface area contributed by atoms with E-state index in [2.05, 4.69) is 0 Å². The summed E-state index contributed by atoms with van der Waals surface area (Å²) in [4.78, 5) is 0. The maximum atomic E-state index is 1.80. The van der Waals surface area contributed by atoms with E-state index < -0.39 is 0 Å². The Morgan fingerprint density at radius 3 is 2.00 bits per heavy atom. The standard InChI is InChI=1S/H20Si9/c1-5-6-9(4)7-8(2)3/h8-9H,5-7H2,1-4H3. The molecular weight excluding hydrogens is 253 g/mol. The van der Waals surface area contributed by atoms with Crippen molar-refractivity contribution in [1.29, 1.82) is 0 Å². The van der Waals surface area contributed by atoms with Gasteiger partial charge in [0.15, 0.2) is 0 Å². The van der Waals surface area contributed by atoms with E-state index in [0.29, 0.717) is 14.7 Å². The largest absolute Gasteiger partial charge is 0.0120 e. The second-order valence-electron chi connectivity index (χ2n) is 3.52. The Morgan fingerprint density at radius 1 is 1.11 bits per heavy atom. The van der Waals surface area contributed by atoms with Crippen LogP contribution in [-0.4, -0.2) is 79.4 Å². The lowest BCUT2D eigenvalue weighted by Gasteiger charge is -2.07. The van der Waals surface area contributed by atoms with E-state index in [1.165, 1.54) is 0 Å². The number of hydrogen-bond acceptors (Lipinski definition) is 0. The fraction of sp³-hybridized carbons (Fsp3) is 0. The zero-order chi connectivity index (χ0) is 7.28. The van der Waals surface area contributed by atoms with Gasteiger partial charge in [-0.25, -0.2) is 0 Å². The number of rotatable bonds is 4. The maximum Gasteiger partial charge on any atom is -0.00744 e. The summed E-state index contributed by atoms with van der Waals surface area (Å²) in [6.45, 7) is 0. The molecule has 0 saturated heterocycles. The van der Waals surface area contributed by atoms with Gasteiger partial charge in [0.2, 0.25) is 0 Å². The van der Waals surface area contributed by atoms with Crippen molar-refractivity contribution in [3.8, 4) is 0 Å². The summed E-state index contributed by atoms with van der Waals surface area (Å²) >= 11 is 0. The summed E-state index contributed by atoms with van der Waals surface area (Å²) in [5.41, 5.74) is 0. The minimum Gasteiger partial charge on any atom is -0.0120 e. The molecule has 1 unspecified atom stereocenters. The van der Waals surface area contributed by atoms with Crippen LogP contribution in [-0.2, 0) is 0 Å². The molecule has 0 rings (SSSR count). The predicted octanol–water partition coefficient (Wildman–Crippen LogP) is -8.78. The first kappa shape index (κ1) is 11.0. The molecule has 0 aliphatic heterocycles. The molecule has 0 aromatic carbocycles. The van der Waals surface area contributed by atoms with Crippen molar-refractivity contribution in [3.05, 3.63) is 0 Å². The van der Waals surface area contributed by atoms with E-state index in [0.717, 1.165) is 25.7 Å². The van der Waals surface area contributed by atoms with Crippen LogP contribution >= 0.6 is 0 Å². The third-order valence-electron chi connectivity index (χ3n) is 1.66. The number of hydrogen-bond donors (Lipinski definition) is 0. The second kappa shape index (κ2) is 6.65. The SMILES string of the molecule is [SiH3][SiH2][SiH2][SiH]([SiH3])[SiH2][SiH]([SiH3])[SiH3]. The van der Waals surface area contributed by atoms with Crippen LogP contribution in [0.2, 0.25) is 0 Å². The van der Waals surface area contributed by atoms with Crippen LogP contribution in [0.5, 0.6) is 0 Å². The minimum absolute atomic E-state index is 0.326. The van der Waals surface area contributed by atoms with Crippen molar-refractivity contribution in [2.75, 3.05) is 0 Å². The Kier molecular flexibility index (Phi) is 8.09. The molecule has 9 heavy (non-hydrogen) atoms. The summed E-state index contributed by atoms with van der Waals surface area (Å²) in [7, 11) is 10.2. The van der Waals surface area contributed by atoms with Crippen molar-refractivity contribution in [2.24, 2.45) is 0 Å². The zero-order valence-corrected chi connectivity index (χ0v) is 21.8. The van der Waals surface area contributed by atoms with Crippen molar-refractivity contribution >= 4 is 79.4 Å². The first-order chi connectivity index (χ1) is 4.16. The van der Waals surface area contributed by atoms with Gasteiger partial charge in [0.1, 0.15) is 0 Å². The van der Waals surface area contributed by atoms with Gasteiger partial charge in [-0.1, -0.05) is 0 Å². The van der Waals surface area contributed by atoms with E-state index in [4.69, 9.17) is 0 Å². The second-order valence-corrected chi connectivity index (χ2v) is 95.1. The van der Waals surface area contributed by atoms with E-state index in [1.807, 2.05) is 0 Å². The van der Waals surface area contributed by atoms with Crippen LogP contribution in [0.4, 0.5) is 0 Å². The predicted molar refractivity (Wildman–Crippen MR) is 79.7 cm³/mol. The van der Waals surface area contributed by atoms with Gasteiger partial charge >= 0.3 is 0 Å². The average molecular weight is 273 g/mol. The van der Waals surface area contributed by atoms with Gasteiger partial charge in [0, 0.05) is 0 Å². The van der Waals surface area contributed by atoms with Gasteiger partial charge in [0.25, 0.3) is 0 Å². The van der Waals surface area contributed by atoms with E-state index in [9.17, 15) is 0 Å². The fourth-order valence-corrected chi connectivity index (χ4v) is 344. The molecule has 0 aliphatic carbocycles. The van der Waals surface area contributed by atoms with Crippen molar-refractivity contribution < 1.29 is 0 Å². The molecule has 0 amide bonds. The van der Waals surface area contributed by atoms with Gasteiger partial charge in [-0.2, -0.15) is 0 Å². The van der Waals surface area contributed by atoms with Crippen LogP contribution in [0.15, 0.2) is 0 Å². The average Bonchev–Trinajstić information content (AvgIpc) is 1.63. The summed E-state index contributed by atoms with van der Waals surface area (Å²) in [6.07, 6.45) is 0. The maximum absolute atomic E-state index is 1.80. The molecule has 1 atom stereocenters. The van der Waals surface area contributed by atoms with Crippen LogP contribution in [0.25, 0.3) is 0 Å². The van der Waals surface area contributed by atoms with E-state index in [-0.39, 0.29) is 0 Å². The van der Waals surface area contributed by atoms with Gasteiger partial charge < -0.3 is 0 Å². The fourth-order valence-electron chi connectivity index (χ4n) is 1.42. The summed E-state index contributed by atoms with van der Waals surface area (Å²) in [5, 5.41) is 0. The molecule has 0 radical (unpaired) electrons. The van der Waals surface area contributed by atoms with Gasteiger partial charge in [-0.3, -0.25) is 0 Å². The first-order valence-electron chi connectivity index (χ1n) is 4.16. The topological polar surface area (TPSA) is 0 Å². The molecule has 0 nitrogen and oxygen atoms in total. The van der Waals surface area contributed by atoms with Gasteiger partial charge in [-0.15, -0.1) is 0 Å². The monoisotopic (exact) mass is 272 g/mol. The summed E-state index contributed by atoms with van der Waals surface area (Å²) in [6, 6.07) is 0. The molecule has 0 aromatic rings. The molecule has 0 heterocycles. The highest BCUT2D eigenvalue weighted by Crippen LogP contribution is 1.68. The highest BCUT2D eigenvalue weighted by atomic mass is 30.2. The Hall–Kier alpha value is 1.95. The molecule has 56 valence electrons. The highest BCUT2D eigenvalue weighted by Gasteiger charge is 2.06. The van der Waals surface area contributed by atoms with Gasteiger partial charge in [0.05, 0.1) is 0 Å². The third-order valence-corrected chi connectivity index (χ3v) is 134. The lowest BCUT2D eigenvalue weighted by atomic mass is 26.0. The van der Waals surface area contributed by atoms with Gasteiger partial charge in [-0.05, 0) is 79.4 Å². The Bertz CT molecular complexity index is 55.1. The smallest absolute Gasteiger partial charge is 0.00744 e. The molecule has 0 bridgehead atoms.